The van der Waals surface area contributed by atoms with Crippen LogP contribution >= 0.6 is 27.0 Å². The van der Waals surface area contributed by atoms with Crippen molar-refractivity contribution < 1.29 is 53.6 Å². The molecule has 25 nitrogen and oxygen atoms in total. The van der Waals surface area contributed by atoms with Crippen molar-refractivity contribution in [3.05, 3.63) is 155 Å². The molecule has 6 rings (SSSR count). The van der Waals surface area contributed by atoms with Gasteiger partial charge in [-0.15, -0.1) is 10.2 Å². The molecule has 27 heteroatoms. The van der Waals surface area contributed by atoms with Crippen LogP contribution in [0.15, 0.2) is 122 Å². The first-order chi connectivity index (χ1) is 37.9. The number of nitrogens with one attached hydrogen (secondary N) is 5. The summed E-state index contributed by atoms with van der Waals surface area (Å²) in [4.78, 5) is 71.4. The highest BCUT2D eigenvalue weighted by Gasteiger charge is 2.28. The lowest BCUT2D eigenvalue weighted by atomic mass is 10.0. The molecular weight excluding hydrogens is 1080 g/mol. The number of aliphatic hydroxyl groups is 2. The van der Waals surface area contributed by atoms with Crippen LogP contribution in [0, 0.1) is 11.8 Å². The van der Waals surface area contributed by atoms with Gasteiger partial charge in [0.25, 0.3) is 0 Å². The molecule has 0 spiro atoms. The van der Waals surface area contributed by atoms with E-state index in [4.69, 9.17) is 31.8 Å². The van der Waals surface area contributed by atoms with Crippen molar-refractivity contribution in [2.75, 3.05) is 24.1 Å². The molecule has 0 saturated carbocycles. The van der Waals surface area contributed by atoms with Gasteiger partial charge in [0, 0.05) is 24.5 Å². The minimum Gasteiger partial charge on any atom is -0.480 e. The zero-order valence-corrected chi connectivity index (χ0v) is 47.6. The number of hydrogen-bond donors (Lipinski definition) is 11. The summed E-state index contributed by atoms with van der Waals surface area (Å²) >= 11 is 0. The molecule has 0 bridgehead atoms. The van der Waals surface area contributed by atoms with Gasteiger partial charge in [-0.3, -0.25) is 4.79 Å². The van der Waals surface area contributed by atoms with E-state index in [2.05, 4.69) is 47.2 Å². The van der Waals surface area contributed by atoms with E-state index in [-0.39, 0.29) is 90.7 Å². The molecule has 0 radical (unpaired) electrons. The van der Waals surface area contributed by atoms with E-state index < -0.39 is 54.4 Å². The molecule has 6 aromatic rings. The Labute approximate surface area is 484 Å². The predicted molar refractivity (Wildman–Crippen MR) is 313 cm³/mol. The molecule has 7 amide bonds. The third-order valence-corrected chi connectivity index (χ3v) is 11.7. The number of rotatable bonds is 25. The number of carbonyl (C=O) groups is 6. The van der Waals surface area contributed by atoms with Gasteiger partial charge >= 0.3 is 30.2 Å². The predicted octanol–water partition coefficient (Wildman–Crippen LogP) is 5.98. The van der Waals surface area contributed by atoms with Crippen molar-refractivity contribution in [3.8, 4) is 0 Å². The zero-order chi connectivity index (χ0) is 57.7. The van der Waals surface area contributed by atoms with Crippen molar-refractivity contribution in [3.63, 3.8) is 0 Å². The first-order valence-corrected chi connectivity index (χ1v) is 25.4. The summed E-state index contributed by atoms with van der Waals surface area (Å²) in [5.74, 6) is -1.50. The summed E-state index contributed by atoms with van der Waals surface area (Å²) < 4.78 is 13.3. The molecule has 0 fully saturated rings. The zero-order valence-electron chi connectivity index (χ0n) is 45.6. The van der Waals surface area contributed by atoms with Crippen molar-refractivity contribution in [2.24, 2.45) is 23.3 Å². The third kappa shape index (κ3) is 25.1. The lowest BCUT2D eigenvalue weighted by molar-refractivity contribution is -0.141. The molecule has 81 heavy (non-hydrogen) atoms. The number of amides is 7. The molecule has 14 N–H and O–H groups in total. The summed E-state index contributed by atoms with van der Waals surface area (Å²) in [6, 6.07) is 28.6. The largest absolute Gasteiger partial charge is 0.480 e. The Morgan fingerprint density at radius 2 is 0.963 bits per heavy atom. The van der Waals surface area contributed by atoms with E-state index in [1.54, 1.807) is 54.7 Å². The number of anilines is 2. The van der Waals surface area contributed by atoms with Gasteiger partial charge in [-0.05, 0) is 84.0 Å². The normalized spacial score (nSPS) is 11.9. The van der Waals surface area contributed by atoms with E-state index in [0.717, 1.165) is 27.9 Å². The maximum absolute atomic E-state index is 13.3. The van der Waals surface area contributed by atoms with Gasteiger partial charge in [-0.25, -0.2) is 33.3 Å². The highest BCUT2D eigenvalue weighted by Crippen LogP contribution is 2.25. The maximum Gasteiger partial charge on any atom is 0.408 e. The van der Waals surface area contributed by atoms with Crippen LogP contribution in [0.25, 0.3) is 0 Å². The van der Waals surface area contributed by atoms with Crippen LogP contribution in [0.5, 0.6) is 0 Å². The number of primary amides is 2. The minimum atomic E-state index is -1.08. The topological polar surface area (TPSA) is 381 Å². The number of nitrogens with zero attached hydrogens (tertiary/aromatic N) is 6. The van der Waals surface area contributed by atoms with Gasteiger partial charge in [0.15, 0.2) is 6.04 Å². The fraction of sp³-hybridized carbons (Fsp3) is 0.370. The minimum absolute atomic E-state index is 0. The van der Waals surface area contributed by atoms with Gasteiger partial charge in [0.05, 0.1) is 37.7 Å². The summed E-state index contributed by atoms with van der Waals surface area (Å²) in [7, 11) is 0. The number of benzene rings is 4. The number of nitrogens with two attached hydrogens (primary N) is 3. The maximum atomic E-state index is 13.3. The summed E-state index contributed by atoms with van der Waals surface area (Å²) in [6.45, 7) is 8.43. The van der Waals surface area contributed by atoms with Crippen molar-refractivity contribution in [1.29, 1.82) is 0 Å². The monoisotopic (exact) mass is 1160 g/mol. The summed E-state index contributed by atoms with van der Waals surface area (Å²) in [5, 5.41) is 57.2. The van der Waals surface area contributed by atoms with Crippen LogP contribution in [0.3, 0.4) is 0 Å². The van der Waals surface area contributed by atoms with Gasteiger partial charge in [0.1, 0.15) is 30.6 Å². The molecule has 0 unspecified atom stereocenters. The Morgan fingerprint density at radius 1 is 0.568 bits per heavy atom. The molecule has 2 heterocycles. The SMILES string of the molecule is CC(C)[C@H](NC(=O)OCc1ccccc1)c1cn([C@@H](CCCNC(N)=O)C(=O)Nc2ccc(CO)cc2)nn1.CC(C)[C@H](NC(=O)OCc1ccccc1)c1cn([C@@H](CCCNC(N)=O)C(=O)O)nn1.Nc1ccc(CO)cc1.S.S. The van der Waals surface area contributed by atoms with Crippen LogP contribution in [0.4, 0.5) is 30.6 Å². The number of aliphatic carboxylic acids is 1. The van der Waals surface area contributed by atoms with Gasteiger partial charge in [0.2, 0.25) is 5.91 Å². The van der Waals surface area contributed by atoms with E-state index in [9.17, 15) is 39.0 Å². The van der Waals surface area contributed by atoms with Crippen molar-refractivity contribution >= 4 is 74.5 Å². The second-order valence-corrected chi connectivity index (χ2v) is 18.6. The van der Waals surface area contributed by atoms with E-state index in [1.165, 1.54) is 15.6 Å². The second-order valence-electron chi connectivity index (χ2n) is 18.6. The average molecular weight is 1160 g/mol. The molecule has 4 aromatic carbocycles. The van der Waals surface area contributed by atoms with Crippen LogP contribution in [0.1, 0.15) is 111 Å². The first kappa shape index (κ1) is 68.7. The number of urea groups is 2. The van der Waals surface area contributed by atoms with Crippen LogP contribution in [0.2, 0.25) is 0 Å². The smallest absolute Gasteiger partial charge is 0.408 e. The number of nitrogen functional groups attached to an aromatic ring is 1. The third-order valence-electron chi connectivity index (χ3n) is 11.7. The second kappa shape index (κ2) is 36.7. The Hall–Kier alpha value is -8.40. The lowest BCUT2D eigenvalue weighted by Crippen LogP contribution is -2.32. The number of aromatic nitrogens is 6. The van der Waals surface area contributed by atoms with E-state index in [0.29, 0.717) is 36.3 Å². The number of carbonyl (C=O) groups excluding carboxylic acids is 5. The number of aliphatic hydroxyl groups excluding tert-OH is 2. The van der Waals surface area contributed by atoms with Gasteiger partial charge < -0.3 is 68.6 Å². The number of carboxylic acid groups (broad SMARTS) is 1. The van der Waals surface area contributed by atoms with Gasteiger partial charge in [-0.2, -0.15) is 27.0 Å². The van der Waals surface area contributed by atoms with E-state index in [1.807, 2.05) is 88.4 Å². The molecule has 0 aliphatic heterocycles. The average Bonchev–Trinajstić information content (AvgIpc) is 4.20. The fourth-order valence-corrected chi connectivity index (χ4v) is 7.43. The molecule has 0 saturated heterocycles. The van der Waals surface area contributed by atoms with E-state index >= 15 is 0 Å². The molecule has 2 aromatic heterocycles. The molecule has 0 aliphatic carbocycles. The van der Waals surface area contributed by atoms with Crippen molar-refractivity contribution in [2.45, 2.75) is 104 Å². The highest BCUT2D eigenvalue weighted by atomic mass is 32.1. The number of hydrogen-bond acceptors (Lipinski definition) is 15. The number of carboxylic acids is 1. The Bertz CT molecular complexity index is 2810. The van der Waals surface area contributed by atoms with Crippen LogP contribution in [-0.4, -0.2) is 94.5 Å². The van der Waals surface area contributed by atoms with Crippen LogP contribution < -0.4 is 43.8 Å². The Kier molecular flexibility index (Phi) is 31.1. The molecule has 440 valence electrons. The summed E-state index contributed by atoms with van der Waals surface area (Å²) in [5.41, 5.74) is 21.1. The Morgan fingerprint density at radius 3 is 1.35 bits per heavy atom. The Balaban J connectivity index is 0.000000476. The highest BCUT2D eigenvalue weighted by molar-refractivity contribution is 7.59. The lowest BCUT2D eigenvalue weighted by Gasteiger charge is -2.20. The van der Waals surface area contributed by atoms with Crippen molar-refractivity contribution in [1.82, 2.24) is 51.3 Å². The summed E-state index contributed by atoms with van der Waals surface area (Å²) in [6.07, 6.45) is 3.34. The molecular formula is C54H76N14O11S2. The number of ether oxygens (including phenoxy) is 2. The number of alkyl carbamates (subject to hydrolysis) is 2. The molecule has 0 aliphatic rings. The fourth-order valence-electron chi connectivity index (χ4n) is 7.43. The first-order valence-electron chi connectivity index (χ1n) is 25.4. The van der Waals surface area contributed by atoms with Crippen LogP contribution in [-0.2, 0) is 45.5 Å². The standard InChI is InChI=1S/C27H35N7O5.C20H28N6O5.C7H9NO.2H2S/c1-18(2)24(31-27(38)39-17-20-7-4-3-5-8-20)22-15-34(33-32-22)23(9-6-14-29-26(28)37)25(36)30-21-12-10-19(16-35)11-13-21;1-13(2)17(23-20(30)31-12-14-7-4-3-5-8-14)15-11-26(25-24-15)16(18(27)28)9-6-10-22-19(21)29;8-7-3-1-6(5-9)2-4-7;;/h3-5,7-8,10-13,15,18,23-24,35H,6,9,14,16-17H2,1-2H3,(H,30,36)(H,31,38)(H3,28,29,37);3-5,7-8,11,13,16-17H,6,9-10,12H2,1-2H3,(H,23,30)(H,27,28)(H3,21,22,29);1-4,9H,5,8H2;2*1H2/t23-,24-;16-,17-;;;/m00.../s1. The van der Waals surface area contributed by atoms with Gasteiger partial charge in [-0.1, -0.05) is 123 Å². The quantitative estimate of drug-likeness (QED) is 0.0232. The molecule has 4 atom stereocenters.